The van der Waals surface area contributed by atoms with Crippen LogP contribution in [0.15, 0.2) is 0 Å². The molecule has 2 saturated heterocycles. The molecule has 0 saturated carbocycles. The van der Waals surface area contributed by atoms with Crippen LogP contribution in [0.5, 0.6) is 0 Å². The van der Waals surface area contributed by atoms with Crippen molar-refractivity contribution in [3.63, 3.8) is 0 Å². The summed E-state index contributed by atoms with van der Waals surface area (Å²) in [7, 11) is 0. The van der Waals surface area contributed by atoms with Crippen molar-refractivity contribution in [1.29, 1.82) is 0 Å². The van der Waals surface area contributed by atoms with Gasteiger partial charge in [-0.25, -0.2) is 0 Å². The van der Waals surface area contributed by atoms with Crippen LogP contribution in [0.1, 0.15) is 52.4 Å². The summed E-state index contributed by atoms with van der Waals surface area (Å²) >= 11 is 0. The third-order valence-corrected chi connectivity index (χ3v) is 4.78. The smallest absolute Gasteiger partial charge is 0.222 e. The first kappa shape index (κ1) is 13.9. The van der Waals surface area contributed by atoms with Gasteiger partial charge in [-0.15, -0.1) is 0 Å². The molecule has 104 valence electrons. The first-order chi connectivity index (χ1) is 8.70. The minimum absolute atomic E-state index is 0.377. The standard InChI is InChI=1S/C15H28N2O/c1-3-12(2)11-15(18)17-9-6-13(7-10-17)14-5-4-8-16-14/h12-14,16H,3-11H2,1-2H3. The minimum atomic E-state index is 0.377. The van der Waals surface area contributed by atoms with Crippen molar-refractivity contribution in [3.8, 4) is 0 Å². The number of nitrogens with zero attached hydrogens (tertiary/aromatic N) is 1. The number of likely N-dealkylation sites (tertiary alicyclic amines) is 1. The molecule has 3 heteroatoms. The molecule has 2 aliphatic heterocycles. The molecule has 18 heavy (non-hydrogen) atoms. The Hall–Kier alpha value is -0.570. The summed E-state index contributed by atoms with van der Waals surface area (Å²) in [6.07, 6.45) is 6.91. The third-order valence-electron chi connectivity index (χ3n) is 4.78. The van der Waals surface area contributed by atoms with Gasteiger partial charge in [0.25, 0.3) is 0 Å². The Labute approximate surface area is 111 Å². The zero-order valence-electron chi connectivity index (χ0n) is 12.0. The quantitative estimate of drug-likeness (QED) is 0.833. The maximum absolute atomic E-state index is 12.1. The van der Waals surface area contributed by atoms with E-state index in [-0.39, 0.29) is 0 Å². The lowest BCUT2D eigenvalue weighted by Gasteiger charge is -2.35. The highest BCUT2D eigenvalue weighted by Crippen LogP contribution is 2.26. The van der Waals surface area contributed by atoms with Crippen molar-refractivity contribution in [2.24, 2.45) is 11.8 Å². The third kappa shape index (κ3) is 3.47. The molecule has 0 aromatic carbocycles. The summed E-state index contributed by atoms with van der Waals surface area (Å²) in [5.41, 5.74) is 0. The Morgan fingerprint density at radius 3 is 2.61 bits per heavy atom. The zero-order chi connectivity index (χ0) is 13.0. The normalized spacial score (nSPS) is 27.4. The predicted molar refractivity (Wildman–Crippen MR) is 74.4 cm³/mol. The van der Waals surface area contributed by atoms with Crippen molar-refractivity contribution >= 4 is 5.91 Å². The van der Waals surface area contributed by atoms with Crippen LogP contribution in [-0.2, 0) is 4.79 Å². The van der Waals surface area contributed by atoms with Crippen LogP contribution < -0.4 is 5.32 Å². The van der Waals surface area contributed by atoms with Crippen molar-refractivity contribution in [2.45, 2.75) is 58.4 Å². The fourth-order valence-corrected chi connectivity index (χ4v) is 3.24. The summed E-state index contributed by atoms with van der Waals surface area (Å²) in [5, 5.41) is 3.61. The average Bonchev–Trinajstić information content (AvgIpc) is 2.92. The second kappa shape index (κ2) is 6.55. The van der Waals surface area contributed by atoms with E-state index in [1.807, 2.05) is 0 Å². The van der Waals surface area contributed by atoms with E-state index < -0.39 is 0 Å². The number of hydrogen-bond donors (Lipinski definition) is 1. The number of piperidine rings is 1. The van der Waals surface area contributed by atoms with Gasteiger partial charge in [0.05, 0.1) is 0 Å². The van der Waals surface area contributed by atoms with Gasteiger partial charge >= 0.3 is 0 Å². The molecule has 1 amide bonds. The van der Waals surface area contributed by atoms with Gasteiger partial charge in [-0.05, 0) is 44.1 Å². The molecule has 0 aromatic rings. The zero-order valence-corrected chi connectivity index (χ0v) is 12.0. The summed E-state index contributed by atoms with van der Waals surface area (Å²) in [5.74, 6) is 1.72. The number of hydrogen-bond acceptors (Lipinski definition) is 2. The van der Waals surface area contributed by atoms with Crippen LogP contribution in [0.25, 0.3) is 0 Å². The molecule has 0 bridgehead atoms. The first-order valence-electron chi connectivity index (χ1n) is 7.72. The van der Waals surface area contributed by atoms with Gasteiger partial charge in [0.1, 0.15) is 0 Å². The van der Waals surface area contributed by atoms with Gasteiger partial charge in [-0.2, -0.15) is 0 Å². The summed E-state index contributed by atoms with van der Waals surface area (Å²) in [4.78, 5) is 14.2. The van der Waals surface area contributed by atoms with Crippen LogP contribution >= 0.6 is 0 Å². The Balaban J connectivity index is 1.73. The van der Waals surface area contributed by atoms with Crippen molar-refractivity contribution in [3.05, 3.63) is 0 Å². The molecule has 2 fully saturated rings. The monoisotopic (exact) mass is 252 g/mol. The second-order valence-electron chi connectivity index (χ2n) is 6.14. The van der Waals surface area contributed by atoms with Crippen LogP contribution in [0.2, 0.25) is 0 Å². The van der Waals surface area contributed by atoms with Gasteiger partial charge in [0.2, 0.25) is 5.91 Å². The van der Waals surface area contributed by atoms with E-state index in [0.29, 0.717) is 11.8 Å². The molecular formula is C15H28N2O. The van der Waals surface area contributed by atoms with Crippen LogP contribution in [-0.4, -0.2) is 36.5 Å². The Kier molecular flexibility index (Phi) is 5.04. The van der Waals surface area contributed by atoms with E-state index in [0.717, 1.165) is 37.9 Å². The highest BCUT2D eigenvalue weighted by atomic mass is 16.2. The molecule has 2 rings (SSSR count). The molecule has 2 heterocycles. The van der Waals surface area contributed by atoms with Gasteiger partial charge in [0, 0.05) is 25.6 Å². The van der Waals surface area contributed by atoms with Gasteiger partial charge in [0.15, 0.2) is 0 Å². The molecule has 2 atom stereocenters. The van der Waals surface area contributed by atoms with E-state index in [4.69, 9.17) is 0 Å². The van der Waals surface area contributed by atoms with E-state index in [1.54, 1.807) is 0 Å². The van der Waals surface area contributed by atoms with Crippen molar-refractivity contribution in [2.75, 3.05) is 19.6 Å². The summed E-state index contributed by atoms with van der Waals surface area (Å²) in [6.45, 7) is 7.50. The number of amides is 1. The fraction of sp³-hybridized carbons (Fsp3) is 0.933. The molecule has 2 aliphatic rings. The van der Waals surface area contributed by atoms with Crippen LogP contribution in [0.3, 0.4) is 0 Å². The SMILES string of the molecule is CCC(C)CC(=O)N1CCC(C2CCCN2)CC1. The average molecular weight is 252 g/mol. The summed E-state index contributed by atoms with van der Waals surface area (Å²) in [6, 6.07) is 0.733. The lowest BCUT2D eigenvalue weighted by Crippen LogP contribution is -2.43. The lowest BCUT2D eigenvalue weighted by atomic mass is 9.88. The van der Waals surface area contributed by atoms with E-state index in [1.165, 1.54) is 32.2 Å². The molecule has 2 unspecified atom stereocenters. The van der Waals surface area contributed by atoms with Gasteiger partial charge < -0.3 is 10.2 Å². The largest absolute Gasteiger partial charge is 0.343 e. The van der Waals surface area contributed by atoms with Gasteiger partial charge in [-0.1, -0.05) is 20.3 Å². The Morgan fingerprint density at radius 2 is 2.06 bits per heavy atom. The number of nitrogens with one attached hydrogen (secondary N) is 1. The van der Waals surface area contributed by atoms with Crippen LogP contribution in [0.4, 0.5) is 0 Å². The maximum Gasteiger partial charge on any atom is 0.222 e. The molecule has 0 aromatic heterocycles. The highest BCUT2D eigenvalue weighted by Gasteiger charge is 2.29. The molecular weight excluding hydrogens is 224 g/mol. The molecule has 1 N–H and O–H groups in total. The second-order valence-corrected chi connectivity index (χ2v) is 6.14. The number of rotatable bonds is 4. The van der Waals surface area contributed by atoms with Gasteiger partial charge in [-0.3, -0.25) is 4.79 Å². The highest BCUT2D eigenvalue weighted by molar-refractivity contribution is 5.76. The molecule has 0 aliphatic carbocycles. The minimum Gasteiger partial charge on any atom is -0.343 e. The lowest BCUT2D eigenvalue weighted by molar-refractivity contribution is -0.133. The van der Waals surface area contributed by atoms with E-state index in [2.05, 4.69) is 24.1 Å². The van der Waals surface area contributed by atoms with Crippen LogP contribution in [0, 0.1) is 11.8 Å². The molecule has 0 spiro atoms. The number of carbonyl (C=O) groups excluding carboxylic acids is 1. The molecule has 0 radical (unpaired) electrons. The number of carbonyl (C=O) groups is 1. The fourth-order valence-electron chi connectivity index (χ4n) is 3.24. The Morgan fingerprint density at radius 1 is 1.33 bits per heavy atom. The Bertz CT molecular complexity index is 266. The predicted octanol–water partition coefficient (Wildman–Crippen LogP) is 2.41. The van der Waals surface area contributed by atoms with Crippen molar-refractivity contribution < 1.29 is 4.79 Å². The molecule has 3 nitrogen and oxygen atoms in total. The van der Waals surface area contributed by atoms with E-state index in [9.17, 15) is 4.79 Å². The maximum atomic E-state index is 12.1. The van der Waals surface area contributed by atoms with E-state index >= 15 is 0 Å². The summed E-state index contributed by atoms with van der Waals surface area (Å²) < 4.78 is 0. The first-order valence-corrected chi connectivity index (χ1v) is 7.72. The van der Waals surface area contributed by atoms with Crippen molar-refractivity contribution in [1.82, 2.24) is 10.2 Å². The topological polar surface area (TPSA) is 32.3 Å².